The van der Waals surface area contributed by atoms with Gasteiger partial charge in [0.1, 0.15) is 45.1 Å². The highest BCUT2D eigenvalue weighted by Gasteiger charge is 2.53. The van der Waals surface area contributed by atoms with Gasteiger partial charge in [-0.3, -0.25) is 48.4 Å². The fourth-order valence-corrected chi connectivity index (χ4v) is 24.3. The number of barbiturate groups is 2. The van der Waals surface area contributed by atoms with Gasteiger partial charge >= 0.3 is 19.2 Å². The first-order valence-corrected chi connectivity index (χ1v) is 52.2. The maximum atomic E-state index is 12.7. The van der Waals surface area contributed by atoms with E-state index in [1.54, 1.807) is 6.08 Å². The maximum absolute atomic E-state index is 12.7. The molecule has 722 valence electrons. The largest absolute Gasteiger partial charge is 0.494 e. The highest BCUT2D eigenvalue weighted by Crippen LogP contribution is 2.57. The molecular weight excluding hydrogens is 1990 g/mol. The van der Waals surface area contributed by atoms with Crippen molar-refractivity contribution in [3.63, 3.8) is 0 Å². The van der Waals surface area contributed by atoms with Gasteiger partial charge in [0.05, 0.1) is 90.3 Å². The Kier molecular flexibility index (Phi) is 26.2. The number of aldehydes is 2. The van der Waals surface area contributed by atoms with Crippen molar-refractivity contribution < 1.29 is 47.7 Å². The first kappa shape index (κ1) is 97.8. The van der Waals surface area contributed by atoms with Gasteiger partial charge in [0, 0.05) is 113 Å². The first-order valence-electron chi connectivity index (χ1n) is 46.8. The van der Waals surface area contributed by atoms with Gasteiger partial charge in [-0.1, -0.05) is 205 Å². The Bertz CT molecular complexity index is 8210. The standard InChI is InChI=1S/C38H29N5O3S2.C32H23N3OS2.C27H30BNO2.C11H5BrN2OS2.C6H8N2O3/c1-38(2)28-12-8-9-13-30(28)43(23-10-6-5-7-11-23)31-18-14-22(20-29(31)38)25-16-17-26(34-33(25)39-48-40-34)32-19-15-24(47-32)21-27-35(44)41(3)37(46)42(4)36(27)45;1-32(2)25-10-6-7-11-27(25)35(21-8-4-3-5-9-21)28-16-12-20(18-26(28)32)23-14-15-24(31-30(23)33-38-34-31)29-17-13-22(19-36)37-29;1-25(2)21-14-10-11-15-23(21)29(20-12-8-7-9-13-20)24-17-16-19(18-22(24)25)28-30-26(3,4)27(5,6)31-28;12-8-3-2-7(10-11(8)14-17-13-10)9-4-1-6(5-15)16-9;1-7-4(9)3-5(10)8(2)6(7)11/h5-21H,1-4H3;3-19H,1-2H3;7-18H,1-6H3;1-5H;3H2,1-2H3. The number of hydrogen-bond donors (Lipinski definition) is 0. The molecule has 3 fully saturated rings. The number of amides is 8. The normalized spacial score (nSPS) is 15.9. The molecule has 18 aromatic rings. The molecule has 12 aromatic carbocycles. The van der Waals surface area contributed by atoms with Crippen LogP contribution in [0.3, 0.4) is 0 Å². The van der Waals surface area contributed by atoms with Gasteiger partial charge in [0.2, 0.25) is 11.8 Å². The van der Waals surface area contributed by atoms with E-state index in [9.17, 15) is 38.4 Å². The predicted octanol–water partition coefficient (Wildman–Crippen LogP) is 27.2. The van der Waals surface area contributed by atoms with E-state index >= 15 is 0 Å². The Hall–Kier alpha value is -14.6. The van der Waals surface area contributed by atoms with Crippen LogP contribution in [0.25, 0.3) is 92.8 Å². The summed E-state index contributed by atoms with van der Waals surface area (Å²) in [6.45, 7) is 22.2. The number of anilines is 9. The van der Waals surface area contributed by atoms with Crippen LogP contribution in [0.15, 0.2) is 301 Å². The van der Waals surface area contributed by atoms with Crippen LogP contribution in [0.5, 0.6) is 0 Å². The summed E-state index contributed by atoms with van der Waals surface area (Å²) in [5.41, 5.74) is 30.3. The van der Waals surface area contributed by atoms with Crippen LogP contribution in [0, 0.1) is 0 Å². The smallest absolute Gasteiger partial charge is 0.399 e. The van der Waals surface area contributed by atoms with E-state index in [1.165, 1.54) is 159 Å². The first-order chi connectivity index (χ1) is 69.6. The van der Waals surface area contributed by atoms with Gasteiger partial charge in [-0.15, -0.1) is 34.0 Å². The molecule has 6 aliphatic heterocycles. The maximum Gasteiger partial charge on any atom is 0.494 e. The van der Waals surface area contributed by atoms with E-state index in [1.807, 2.05) is 54.6 Å². The summed E-state index contributed by atoms with van der Waals surface area (Å²) in [6.07, 6.45) is 3.10. The molecule has 6 aliphatic rings. The number of para-hydroxylation sites is 6. The van der Waals surface area contributed by atoms with Gasteiger partial charge in [0.15, 0.2) is 12.6 Å². The number of aromatic nitrogens is 6. The fourth-order valence-electron chi connectivity index (χ4n) is 19.4. The lowest BCUT2D eigenvalue weighted by atomic mass is 9.69. The van der Waals surface area contributed by atoms with Gasteiger partial charge in [-0.05, 0) is 227 Å². The Labute approximate surface area is 871 Å². The summed E-state index contributed by atoms with van der Waals surface area (Å²) < 4.78 is 41.0. The number of carbonyl (C=O) groups is 8. The monoisotopic (exact) mass is 2090 g/mol. The SMILES string of the molecule is CC1(C)c2ccccc2N(c2ccccc2)c2ccc(-c3ccc(-c4ccc(C=O)s4)c4nsnc34)cc21.CC1(C)c2ccccc2N(c2ccccc2)c2ccc(B3OC(C)(C)C(C)(C)O3)cc21.CN1C(=O)C(=Cc2ccc(-c3ccc(-c4ccc5c(c4)C(C)(C)c4ccccc4N5c4ccccc4)c4nsnc34)s2)C(=O)N(C)C1=O.CN1C(=O)CC(=O)N(C)C1=O.O=Cc1ccc(-c2ccc(Br)c3nsnc23)s1. The second-order valence-corrected chi connectivity index (χ2v) is 44.1. The van der Waals surface area contributed by atoms with Gasteiger partial charge in [-0.25, -0.2) is 9.59 Å². The van der Waals surface area contributed by atoms with E-state index in [2.05, 4.69) is 350 Å². The lowest BCUT2D eigenvalue weighted by Gasteiger charge is -2.42. The van der Waals surface area contributed by atoms with Crippen LogP contribution >= 0.6 is 85.1 Å². The second kappa shape index (κ2) is 38.8. The molecule has 24 rings (SSSR count). The zero-order valence-electron chi connectivity index (χ0n) is 81.5. The average Bonchev–Trinajstić information content (AvgIpc) is 1.18. The lowest BCUT2D eigenvalue weighted by Crippen LogP contribution is -2.52. The third-order valence-corrected chi connectivity index (χ3v) is 33.4. The minimum absolute atomic E-state index is 0.0485. The van der Waals surface area contributed by atoms with E-state index in [-0.39, 0.29) is 46.6 Å². The van der Waals surface area contributed by atoms with E-state index in [4.69, 9.17) is 22.4 Å². The Balaban J connectivity index is 0.000000118. The molecule has 8 amide bonds. The van der Waals surface area contributed by atoms with Crippen LogP contribution < -0.4 is 20.2 Å². The Morgan fingerprint density at radius 3 is 1.02 bits per heavy atom. The molecule has 6 aromatic heterocycles. The molecule has 0 aliphatic carbocycles. The topological polar surface area (TPSA) is 255 Å². The molecule has 0 bridgehead atoms. The molecule has 31 heteroatoms. The van der Waals surface area contributed by atoms with Crippen LogP contribution in [0.4, 0.5) is 60.8 Å². The average molecular weight is 2090 g/mol. The molecular formula is C114H95BBrN13O10S6. The summed E-state index contributed by atoms with van der Waals surface area (Å²) in [5, 5.41) is 0. The number of halogens is 1. The van der Waals surface area contributed by atoms with Crippen molar-refractivity contribution in [2.24, 2.45) is 0 Å². The van der Waals surface area contributed by atoms with Crippen molar-refractivity contribution >= 4 is 236 Å². The van der Waals surface area contributed by atoms with Crippen molar-refractivity contribution in [3.8, 4) is 53.6 Å². The van der Waals surface area contributed by atoms with E-state index < -0.39 is 35.7 Å². The number of likely N-dealkylation sites (N-methyl/N-ethyl adjacent to an activating group) is 2. The molecule has 145 heavy (non-hydrogen) atoms. The zero-order chi connectivity index (χ0) is 102. The summed E-state index contributed by atoms with van der Waals surface area (Å²) in [6, 6.07) is 100. The minimum Gasteiger partial charge on any atom is -0.399 e. The Morgan fingerprint density at radius 2 is 0.634 bits per heavy atom. The molecule has 0 radical (unpaired) electrons. The number of hydrogen-bond acceptors (Lipinski definition) is 25. The molecule has 0 unspecified atom stereocenters. The molecule has 0 atom stereocenters. The molecule has 0 saturated carbocycles. The lowest BCUT2D eigenvalue weighted by molar-refractivity contribution is -0.141. The summed E-state index contributed by atoms with van der Waals surface area (Å²) in [4.78, 5) is 108. The molecule has 0 N–H and O–H groups in total. The van der Waals surface area contributed by atoms with Crippen molar-refractivity contribution in [2.75, 3.05) is 42.9 Å². The molecule has 23 nitrogen and oxygen atoms in total. The van der Waals surface area contributed by atoms with Gasteiger partial charge in [0.25, 0.3) is 11.8 Å². The number of nitrogens with zero attached hydrogens (tertiary/aromatic N) is 13. The number of benzene rings is 12. The fraction of sp³-hybridized carbons (Fsp3) is 0.175. The number of thiophene rings is 3. The number of imide groups is 4. The molecule has 0 spiro atoms. The third kappa shape index (κ3) is 17.7. The number of fused-ring (bicyclic) bond motifs is 9. The summed E-state index contributed by atoms with van der Waals surface area (Å²) in [7, 11) is 5.09. The van der Waals surface area contributed by atoms with E-state index in [0.29, 0.717) is 4.88 Å². The summed E-state index contributed by atoms with van der Waals surface area (Å²) >= 11 is 11.4. The highest BCUT2D eigenvalue weighted by atomic mass is 79.9. The van der Waals surface area contributed by atoms with Gasteiger partial charge < -0.3 is 24.0 Å². The minimum atomic E-state index is -0.645. The quantitative estimate of drug-likeness (QED) is 0.0362. The van der Waals surface area contributed by atoms with E-state index in [0.717, 1.165) is 161 Å². The van der Waals surface area contributed by atoms with Crippen LogP contribution in [-0.4, -0.2) is 141 Å². The van der Waals surface area contributed by atoms with Crippen molar-refractivity contribution in [1.82, 2.24) is 45.8 Å². The number of rotatable bonds is 12. The number of urea groups is 2. The zero-order valence-corrected chi connectivity index (χ0v) is 87.9. The predicted molar refractivity (Wildman–Crippen MR) is 589 cm³/mol. The van der Waals surface area contributed by atoms with Gasteiger partial charge in [-0.2, -0.15) is 26.2 Å². The third-order valence-electron chi connectivity index (χ3n) is 28.1. The number of carbonyl (C=O) groups excluding carboxylic acids is 8. The molecule has 3 saturated heterocycles. The van der Waals surface area contributed by atoms with Crippen LogP contribution in [0.1, 0.15) is 133 Å². The van der Waals surface area contributed by atoms with Crippen molar-refractivity contribution in [3.05, 3.63) is 349 Å². The van der Waals surface area contributed by atoms with Crippen LogP contribution in [0.2, 0.25) is 0 Å². The summed E-state index contributed by atoms with van der Waals surface area (Å²) in [5.74, 6) is -2.12. The van der Waals surface area contributed by atoms with Crippen LogP contribution in [-0.2, 0) is 44.7 Å². The van der Waals surface area contributed by atoms with Crippen molar-refractivity contribution in [2.45, 2.75) is 103 Å². The second-order valence-electron chi connectivity index (χ2n) is 38.3. The molecule has 12 heterocycles. The highest BCUT2D eigenvalue weighted by molar-refractivity contribution is 9.10. The van der Waals surface area contributed by atoms with Crippen molar-refractivity contribution in [1.29, 1.82) is 0 Å². The Morgan fingerprint density at radius 1 is 0.324 bits per heavy atom.